The van der Waals surface area contributed by atoms with Crippen molar-refractivity contribution >= 4 is 17.6 Å². The average Bonchev–Trinajstić information content (AvgIpc) is 3.07. The molecule has 3 aromatic rings. The molecule has 0 spiro atoms. The predicted octanol–water partition coefficient (Wildman–Crippen LogP) is 4.56. The molecule has 0 fully saturated rings. The molecule has 0 unspecified atom stereocenters. The van der Waals surface area contributed by atoms with Crippen LogP contribution in [0.2, 0.25) is 0 Å². The molecule has 33 heavy (non-hydrogen) atoms. The largest absolute Gasteiger partial charge is 0.497 e. The first-order valence-electron chi connectivity index (χ1n) is 10.1. The zero-order valence-electron chi connectivity index (χ0n) is 17.9. The molecule has 1 aliphatic rings. The smallest absolute Gasteiger partial charge is 0.442 e. The summed E-state index contributed by atoms with van der Waals surface area (Å²) in [6.45, 7) is 1.62. The summed E-state index contributed by atoms with van der Waals surface area (Å²) in [5.41, 5.74) is -1.49. The summed E-state index contributed by atoms with van der Waals surface area (Å²) in [5, 5.41) is 2.28. The number of amidine groups is 1. The minimum Gasteiger partial charge on any atom is -0.497 e. The molecular formula is C24H21F3N4O2. The molecule has 2 heterocycles. The van der Waals surface area contributed by atoms with Gasteiger partial charge in [0.1, 0.15) is 17.4 Å². The van der Waals surface area contributed by atoms with E-state index in [1.54, 1.807) is 67.6 Å². The highest BCUT2D eigenvalue weighted by Crippen LogP contribution is 2.41. The van der Waals surface area contributed by atoms with Crippen molar-refractivity contribution in [3.8, 4) is 5.75 Å². The van der Waals surface area contributed by atoms with Crippen molar-refractivity contribution in [2.45, 2.75) is 25.3 Å². The van der Waals surface area contributed by atoms with E-state index >= 15 is 0 Å². The molecule has 6 nitrogen and oxygen atoms in total. The number of amides is 1. The number of nitrogens with zero attached hydrogens (tertiary/aromatic N) is 3. The lowest BCUT2D eigenvalue weighted by Crippen LogP contribution is -2.57. The lowest BCUT2D eigenvalue weighted by Gasteiger charge is -2.29. The van der Waals surface area contributed by atoms with E-state index in [1.807, 2.05) is 0 Å². The second kappa shape index (κ2) is 8.57. The second-order valence-electron chi connectivity index (χ2n) is 7.59. The van der Waals surface area contributed by atoms with Gasteiger partial charge in [-0.15, -0.1) is 0 Å². The quantitative estimate of drug-likeness (QED) is 0.593. The number of anilines is 1. The van der Waals surface area contributed by atoms with Crippen LogP contribution >= 0.6 is 0 Å². The lowest BCUT2D eigenvalue weighted by molar-refractivity contribution is -0.185. The van der Waals surface area contributed by atoms with Gasteiger partial charge in [0.05, 0.1) is 13.7 Å². The number of hydrogen-bond donors (Lipinski definition) is 1. The lowest BCUT2D eigenvalue weighted by atomic mass is 10.1. The van der Waals surface area contributed by atoms with Crippen LogP contribution < -0.4 is 10.1 Å². The van der Waals surface area contributed by atoms with Gasteiger partial charge in [0.2, 0.25) is 0 Å². The number of hydrogen-bond acceptors (Lipinski definition) is 5. The van der Waals surface area contributed by atoms with Gasteiger partial charge in [-0.2, -0.15) is 13.2 Å². The van der Waals surface area contributed by atoms with Crippen LogP contribution in [0, 0.1) is 6.92 Å². The predicted molar refractivity (Wildman–Crippen MR) is 118 cm³/mol. The van der Waals surface area contributed by atoms with E-state index in [0.29, 0.717) is 22.4 Å². The zero-order valence-corrected chi connectivity index (χ0v) is 17.9. The summed E-state index contributed by atoms with van der Waals surface area (Å²) < 4.78 is 48.6. The third-order valence-electron chi connectivity index (χ3n) is 5.25. The number of ether oxygens (including phenoxy) is 1. The van der Waals surface area contributed by atoms with Gasteiger partial charge >= 0.3 is 11.8 Å². The Labute approximate surface area is 188 Å². The number of benzene rings is 2. The van der Waals surface area contributed by atoms with Gasteiger partial charge in [0.15, 0.2) is 0 Å². The maximum absolute atomic E-state index is 14.5. The standard InChI is InChI=1S/C24H21F3N4O2/c1-16-12-13-28-20(14-16)29-23(24(25,26)27)22(32)31(15-17-8-10-19(33-2)11-9-17)21(30-23)18-6-4-3-5-7-18/h3-14H,15H2,1-2H3,(H,28,29)/t23-/m0/s1. The van der Waals surface area contributed by atoms with Crippen molar-refractivity contribution in [3.05, 3.63) is 89.6 Å². The Morgan fingerprint density at radius 2 is 1.76 bits per heavy atom. The summed E-state index contributed by atoms with van der Waals surface area (Å²) in [5.74, 6) is -0.801. The van der Waals surface area contributed by atoms with Crippen LogP contribution in [0.25, 0.3) is 0 Å². The Bertz CT molecular complexity index is 1180. The van der Waals surface area contributed by atoms with Crippen LogP contribution in [0.5, 0.6) is 5.75 Å². The van der Waals surface area contributed by atoms with E-state index < -0.39 is 17.7 Å². The summed E-state index contributed by atoms with van der Waals surface area (Å²) in [6.07, 6.45) is -3.65. The minimum absolute atomic E-state index is 0.0751. The van der Waals surface area contributed by atoms with E-state index in [1.165, 1.54) is 19.4 Å². The highest BCUT2D eigenvalue weighted by molar-refractivity contribution is 6.16. The van der Waals surface area contributed by atoms with Gasteiger partial charge < -0.3 is 10.1 Å². The Balaban J connectivity index is 1.81. The number of rotatable bonds is 6. The monoisotopic (exact) mass is 454 g/mol. The Kier molecular flexibility index (Phi) is 5.80. The number of aryl methyl sites for hydroxylation is 1. The van der Waals surface area contributed by atoms with Crippen LogP contribution in [0.4, 0.5) is 19.0 Å². The van der Waals surface area contributed by atoms with Crippen LogP contribution in [0.3, 0.4) is 0 Å². The first-order chi connectivity index (χ1) is 15.7. The van der Waals surface area contributed by atoms with E-state index in [9.17, 15) is 18.0 Å². The molecule has 0 radical (unpaired) electrons. The maximum atomic E-state index is 14.5. The summed E-state index contributed by atoms with van der Waals surface area (Å²) in [4.78, 5) is 22.4. The molecule has 170 valence electrons. The van der Waals surface area contributed by atoms with Gasteiger partial charge in [-0.25, -0.2) is 9.98 Å². The first kappa shape index (κ1) is 22.3. The van der Waals surface area contributed by atoms with Crippen molar-refractivity contribution in [3.63, 3.8) is 0 Å². The maximum Gasteiger partial charge on any atom is 0.442 e. The van der Waals surface area contributed by atoms with Gasteiger partial charge in [0, 0.05) is 11.8 Å². The number of pyridine rings is 1. The number of nitrogens with one attached hydrogen (secondary N) is 1. The normalized spacial score (nSPS) is 18.3. The van der Waals surface area contributed by atoms with E-state index in [-0.39, 0.29) is 18.2 Å². The van der Waals surface area contributed by atoms with Crippen molar-refractivity contribution in [2.24, 2.45) is 4.99 Å². The van der Waals surface area contributed by atoms with Crippen molar-refractivity contribution in [1.29, 1.82) is 0 Å². The third-order valence-corrected chi connectivity index (χ3v) is 5.25. The second-order valence-corrected chi connectivity index (χ2v) is 7.59. The molecule has 1 amide bonds. The molecule has 0 saturated carbocycles. The molecule has 0 bridgehead atoms. The molecule has 0 aliphatic carbocycles. The van der Waals surface area contributed by atoms with Gasteiger partial charge in [-0.1, -0.05) is 42.5 Å². The van der Waals surface area contributed by atoms with E-state index in [0.717, 1.165) is 4.90 Å². The number of alkyl halides is 3. The number of aromatic nitrogens is 1. The van der Waals surface area contributed by atoms with Crippen LogP contribution in [-0.2, 0) is 11.3 Å². The Hall–Kier alpha value is -3.88. The number of carbonyl (C=O) groups is 1. The van der Waals surface area contributed by atoms with Gasteiger partial charge in [0.25, 0.3) is 5.91 Å². The first-order valence-corrected chi connectivity index (χ1v) is 10.1. The molecule has 1 atom stereocenters. The third kappa shape index (κ3) is 4.26. The highest BCUT2D eigenvalue weighted by atomic mass is 19.4. The fourth-order valence-corrected chi connectivity index (χ4v) is 3.55. The molecule has 1 aliphatic heterocycles. The molecule has 1 aromatic heterocycles. The number of halogens is 3. The fourth-order valence-electron chi connectivity index (χ4n) is 3.55. The molecule has 9 heteroatoms. The van der Waals surface area contributed by atoms with Crippen LogP contribution in [0.15, 0.2) is 77.9 Å². The van der Waals surface area contributed by atoms with Crippen molar-refractivity contribution in [1.82, 2.24) is 9.88 Å². The Morgan fingerprint density at radius 1 is 1.06 bits per heavy atom. The summed E-state index contributed by atoms with van der Waals surface area (Å²) in [7, 11) is 1.52. The zero-order chi connectivity index (χ0) is 23.6. The molecule has 0 saturated heterocycles. The number of methoxy groups -OCH3 is 1. The molecule has 4 rings (SSSR count). The van der Waals surface area contributed by atoms with E-state index in [2.05, 4.69) is 15.3 Å². The summed E-state index contributed by atoms with van der Waals surface area (Å²) >= 11 is 0. The van der Waals surface area contributed by atoms with Crippen LogP contribution in [0.1, 0.15) is 16.7 Å². The van der Waals surface area contributed by atoms with Crippen LogP contribution in [-0.4, -0.2) is 40.6 Å². The van der Waals surface area contributed by atoms with Crippen molar-refractivity contribution in [2.75, 3.05) is 12.4 Å². The SMILES string of the molecule is COc1ccc(CN2C(=O)[C@@](Nc3cc(C)ccn3)(C(F)(F)F)N=C2c2ccccc2)cc1. The summed E-state index contributed by atoms with van der Waals surface area (Å²) in [6, 6.07) is 18.2. The highest BCUT2D eigenvalue weighted by Gasteiger charge is 2.66. The number of carbonyl (C=O) groups excluding carboxylic acids is 1. The molecule has 1 N–H and O–H groups in total. The average molecular weight is 454 g/mol. The van der Waals surface area contributed by atoms with Gasteiger partial charge in [-0.05, 0) is 42.3 Å². The van der Waals surface area contributed by atoms with Crippen molar-refractivity contribution < 1.29 is 22.7 Å². The van der Waals surface area contributed by atoms with E-state index in [4.69, 9.17) is 4.74 Å². The molecular weight excluding hydrogens is 433 g/mol. The Morgan fingerprint density at radius 3 is 2.36 bits per heavy atom. The van der Waals surface area contributed by atoms with Gasteiger partial charge in [-0.3, -0.25) is 9.69 Å². The topological polar surface area (TPSA) is 66.8 Å². The minimum atomic E-state index is -5.02. The number of aliphatic imine (C=N–C) groups is 1. The fraction of sp³-hybridized carbons (Fsp3) is 0.208. The molecule has 2 aromatic carbocycles.